The first-order valence-electron chi connectivity index (χ1n) is 6.64. The maximum Gasteiger partial charge on any atom is 0.130 e. The monoisotopic (exact) mass is 255 g/mol. The van der Waals surface area contributed by atoms with Crippen molar-refractivity contribution in [2.75, 3.05) is 6.54 Å². The summed E-state index contributed by atoms with van der Waals surface area (Å²) >= 11 is 0. The highest BCUT2D eigenvalue weighted by atomic mass is 14.9. The molecule has 3 nitrogen and oxygen atoms in total. The number of nitrogens with zero attached hydrogens (tertiary/aromatic N) is 2. The fraction of sp³-hybridized carbons (Fsp3) is 0.375. The van der Waals surface area contributed by atoms with Gasteiger partial charge in [-0.3, -0.25) is 0 Å². The molecular formula is C16H21N3. The molecular weight excluding hydrogens is 234 g/mol. The van der Waals surface area contributed by atoms with Gasteiger partial charge in [0.1, 0.15) is 5.82 Å². The third-order valence-electron chi connectivity index (χ3n) is 3.60. The Bertz CT molecular complexity index is 603. The molecule has 1 heterocycles. The third kappa shape index (κ3) is 2.82. The van der Waals surface area contributed by atoms with Gasteiger partial charge in [-0.1, -0.05) is 12.1 Å². The minimum Gasteiger partial charge on any atom is -0.330 e. The summed E-state index contributed by atoms with van der Waals surface area (Å²) in [5.41, 5.74) is 12.7. The van der Waals surface area contributed by atoms with Crippen molar-refractivity contribution in [2.45, 2.75) is 34.1 Å². The first-order valence-corrected chi connectivity index (χ1v) is 6.64. The molecule has 0 unspecified atom stereocenters. The highest BCUT2D eigenvalue weighted by Crippen LogP contribution is 2.26. The molecule has 0 aliphatic carbocycles. The Balaban J connectivity index is 2.55. The van der Waals surface area contributed by atoms with Gasteiger partial charge in [-0.25, -0.2) is 9.97 Å². The van der Waals surface area contributed by atoms with Crippen LogP contribution < -0.4 is 5.73 Å². The molecule has 1 aromatic heterocycles. The van der Waals surface area contributed by atoms with Crippen molar-refractivity contribution in [2.24, 2.45) is 5.73 Å². The first kappa shape index (κ1) is 13.7. The van der Waals surface area contributed by atoms with Crippen LogP contribution in [0.3, 0.4) is 0 Å². The maximum absolute atomic E-state index is 5.59. The summed E-state index contributed by atoms with van der Waals surface area (Å²) in [7, 11) is 0. The van der Waals surface area contributed by atoms with E-state index in [0.29, 0.717) is 6.54 Å². The fourth-order valence-corrected chi connectivity index (χ4v) is 2.24. The minimum atomic E-state index is 0.578. The third-order valence-corrected chi connectivity index (χ3v) is 3.60. The van der Waals surface area contributed by atoms with Gasteiger partial charge in [0.15, 0.2) is 0 Å². The van der Waals surface area contributed by atoms with E-state index in [2.05, 4.69) is 42.9 Å². The van der Waals surface area contributed by atoms with Crippen LogP contribution in [0.25, 0.3) is 11.3 Å². The van der Waals surface area contributed by atoms with Gasteiger partial charge in [0.25, 0.3) is 0 Å². The van der Waals surface area contributed by atoms with E-state index in [4.69, 9.17) is 5.73 Å². The number of hydrogen-bond donors (Lipinski definition) is 1. The first-order chi connectivity index (χ1) is 9.02. The van der Waals surface area contributed by atoms with E-state index in [9.17, 15) is 0 Å². The predicted molar refractivity (Wildman–Crippen MR) is 79.2 cm³/mol. The molecule has 3 heteroatoms. The van der Waals surface area contributed by atoms with Crippen LogP contribution in [0.4, 0.5) is 0 Å². The van der Waals surface area contributed by atoms with Crippen molar-refractivity contribution in [3.8, 4) is 11.3 Å². The molecule has 2 N–H and O–H groups in total. The van der Waals surface area contributed by atoms with Crippen molar-refractivity contribution in [3.05, 3.63) is 46.4 Å². The number of aryl methyl sites for hydroxylation is 2. The molecule has 0 radical (unpaired) electrons. The highest BCUT2D eigenvalue weighted by molar-refractivity contribution is 5.66. The molecule has 0 aliphatic rings. The molecule has 2 rings (SSSR count). The Morgan fingerprint density at radius 1 is 1.00 bits per heavy atom. The largest absolute Gasteiger partial charge is 0.330 e. The molecule has 0 spiro atoms. The molecule has 0 atom stereocenters. The standard InChI is InChI=1S/C16H21N3/c1-10-5-6-14(13(4)12(10)3)15-9-11(2)18-16(19-15)7-8-17/h5-6,9H,7-8,17H2,1-4H3. The molecule has 19 heavy (non-hydrogen) atoms. The van der Waals surface area contributed by atoms with Gasteiger partial charge in [0, 0.05) is 17.7 Å². The van der Waals surface area contributed by atoms with Gasteiger partial charge >= 0.3 is 0 Å². The number of aromatic nitrogens is 2. The van der Waals surface area contributed by atoms with E-state index >= 15 is 0 Å². The van der Waals surface area contributed by atoms with Crippen LogP contribution in [-0.4, -0.2) is 16.5 Å². The number of benzene rings is 1. The van der Waals surface area contributed by atoms with Gasteiger partial charge in [0.05, 0.1) is 5.69 Å². The maximum atomic E-state index is 5.59. The molecule has 0 amide bonds. The molecule has 0 saturated heterocycles. The van der Waals surface area contributed by atoms with Gasteiger partial charge in [-0.05, 0) is 57.0 Å². The lowest BCUT2D eigenvalue weighted by atomic mass is 9.96. The Hall–Kier alpha value is -1.74. The van der Waals surface area contributed by atoms with Gasteiger partial charge in [-0.15, -0.1) is 0 Å². The number of nitrogens with two attached hydrogens (primary N) is 1. The fourth-order valence-electron chi connectivity index (χ4n) is 2.24. The summed E-state index contributed by atoms with van der Waals surface area (Å²) in [5.74, 6) is 0.829. The van der Waals surface area contributed by atoms with E-state index in [1.165, 1.54) is 22.3 Å². The van der Waals surface area contributed by atoms with Crippen molar-refractivity contribution >= 4 is 0 Å². The summed E-state index contributed by atoms with van der Waals surface area (Å²) in [4.78, 5) is 9.06. The smallest absolute Gasteiger partial charge is 0.130 e. The summed E-state index contributed by atoms with van der Waals surface area (Å²) in [6.45, 7) is 9.02. The van der Waals surface area contributed by atoms with Gasteiger partial charge in [-0.2, -0.15) is 0 Å². The zero-order valence-electron chi connectivity index (χ0n) is 12.1. The predicted octanol–water partition coefficient (Wildman–Crippen LogP) is 2.88. The van der Waals surface area contributed by atoms with Crippen LogP contribution in [0.15, 0.2) is 18.2 Å². The van der Waals surface area contributed by atoms with Crippen molar-refractivity contribution in [1.82, 2.24) is 9.97 Å². The van der Waals surface area contributed by atoms with Crippen LogP contribution in [0.5, 0.6) is 0 Å². The van der Waals surface area contributed by atoms with Crippen LogP contribution >= 0.6 is 0 Å². The Kier molecular flexibility index (Phi) is 3.96. The van der Waals surface area contributed by atoms with E-state index in [1.54, 1.807) is 0 Å². The van der Waals surface area contributed by atoms with Crippen molar-refractivity contribution in [1.29, 1.82) is 0 Å². The summed E-state index contributed by atoms with van der Waals surface area (Å²) in [5, 5.41) is 0. The van der Waals surface area contributed by atoms with Gasteiger partial charge in [0.2, 0.25) is 0 Å². The van der Waals surface area contributed by atoms with E-state index in [0.717, 1.165) is 23.6 Å². The zero-order valence-corrected chi connectivity index (χ0v) is 12.1. The molecule has 0 aliphatic heterocycles. The van der Waals surface area contributed by atoms with Crippen LogP contribution in [0, 0.1) is 27.7 Å². The Morgan fingerprint density at radius 3 is 2.42 bits per heavy atom. The summed E-state index contributed by atoms with van der Waals surface area (Å²) in [6, 6.07) is 6.33. The average molecular weight is 255 g/mol. The van der Waals surface area contributed by atoms with Gasteiger partial charge < -0.3 is 5.73 Å². The molecule has 0 bridgehead atoms. The van der Waals surface area contributed by atoms with E-state index < -0.39 is 0 Å². The normalized spacial score (nSPS) is 10.8. The SMILES string of the molecule is Cc1cc(-c2ccc(C)c(C)c2C)nc(CCN)n1. The number of rotatable bonds is 3. The molecule has 0 saturated carbocycles. The topological polar surface area (TPSA) is 51.8 Å². The zero-order chi connectivity index (χ0) is 14.0. The van der Waals surface area contributed by atoms with Crippen LogP contribution in [-0.2, 0) is 6.42 Å². The lowest BCUT2D eigenvalue weighted by Crippen LogP contribution is -2.08. The minimum absolute atomic E-state index is 0.578. The Labute approximate surface area is 114 Å². The second kappa shape index (κ2) is 5.49. The Morgan fingerprint density at radius 2 is 1.74 bits per heavy atom. The molecule has 1 aromatic carbocycles. The second-order valence-corrected chi connectivity index (χ2v) is 5.03. The number of hydrogen-bond acceptors (Lipinski definition) is 3. The van der Waals surface area contributed by atoms with Crippen molar-refractivity contribution in [3.63, 3.8) is 0 Å². The van der Waals surface area contributed by atoms with E-state index in [1.807, 2.05) is 13.0 Å². The quantitative estimate of drug-likeness (QED) is 0.917. The average Bonchev–Trinajstić information content (AvgIpc) is 2.36. The summed E-state index contributed by atoms with van der Waals surface area (Å²) in [6.07, 6.45) is 0.721. The molecule has 2 aromatic rings. The lowest BCUT2D eigenvalue weighted by molar-refractivity contribution is 0.857. The van der Waals surface area contributed by atoms with Crippen molar-refractivity contribution < 1.29 is 0 Å². The van der Waals surface area contributed by atoms with Crippen LogP contribution in [0.1, 0.15) is 28.2 Å². The second-order valence-electron chi connectivity index (χ2n) is 5.03. The lowest BCUT2D eigenvalue weighted by Gasteiger charge is -2.12. The van der Waals surface area contributed by atoms with E-state index in [-0.39, 0.29) is 0 Å². The van der Waals surface area contributed by atoms with Crippen LogP contribution in [0.2, 0.25) is 0 Å². The molecule has 0 fully saturated rings. The highest BCUT2D eigenvalue weighted by Gasteiger charge is 2.09. The summed E-state index contributed by atoms with van der Waals surface area (Å²) < 4.78 is 0. The molecule has 100 valence electrons.